The number of aryl methyl sites for hydroxylation is 2. The van der Waals surface area contributed by atoms with Crippen molar-refractivity contribution < 1.29 is 0 Å². The van der Waals surface area contributed by atoms with Crippen LogP contribution in [-0.2, 0) is 25.9 Å². The molecule has 3 aromatic rings. The van der Waals surface area contributed by atoms with Crippen LogP contribution in [0.2, 0.25) is 0 Å². The molecule has 2 heterocycles. The largest absolute Gasteiger partial charge is 0.344 e. The predicted octanol–water partition coefficient (Wildman–Crippen LogP) is 4.65. The Bertz CT molecular complexity index is 832. The topological polar surface area (TPSA) is 8.17 Å². The summed E-state index contributed by atoms with van der Waals surface area (Å²) in [5, 5.41) is 1.45. The summed E-state index contributed by atoms with van der Waals surface area (Å²) >= 11 is 0. The molecule has 0 N–H and O–H groups in total. The molecule has 1 aliphatic heterocycles. The van der Waals surface area contributed by atoms with Crippen molar-refractivity contribution in [1.29, 1.82) is 0 Å². The van der Waals surface area contributed by atoms with Gasteiger partial charge >= 0.3 is 0 Å². The van der Waals surface area contributed by atoms with Crippen LogP contribution in [-0.4, -0.2) is 22.6 Å². The van der Waals surface area contributed by atoms with Crippen LogP contribution in [0, 0.1) is 0 Å². The second-order valence-electron chi connectivity index (χ2n) is 7.15. The second-order valence-corrected chi connectivity index (χ2v) is 7.15. The fourth-order valence-electron chi connectivity index (χ4n) is 4.02. The highest BCUT2D eigenvalue weighted by Gasteiger charge is 2.25. The molecule has 0 saturated carbocycles. The van der Waals surface area contributed by atoms with E-state index >= 15 is 0 Å². The molecule has 2 nitrogen and oxygen atoms in total. The SMILES string of the molecule is CC1Cc2c(c3ccccc3n2CCCc2ccccc2)CN1C. The number of hydrogen-bond donors (Lipinski definition) is 0. The van der Waals surface area contributed by atoms with Crippen LogP contribution in [0.5, 0.6) is 0 Å². The van der Waals surface area contributed by atoms with Gasteiger partial charge in [0.2, 0.25) is 0 Å². The number of para-hydroxylation sites is 1. The predicted molar refractivity (Wildman–Crippen MR) is 101 cm³/mol. The van der Waals surface area contributed by atoms with Gasteiger partial charge in [0.1, 0.15) is 0 Å². The van der Waals surface area contributed by atoms with Crippen LogP contribution >= 0.6 is 0 Å². The van der Waals surface area contributed by atoms with E-state index in [9.17, 15) is 0 Å². The Kier molecular flexibility index (Phi) is 4.15. The van der Waals surface area contributed by atoms with Crippen molar-refractivity contribution in [1.82, 2.24) is 9.47 Å². The summed E-state index contributed by atoms with van der Waals surface area (Å²) in [7, 11) is 2.25. The van der Waals surface area contributed by atoms with Gasteiger partial charge in [-0.25, -0.2) is 0 Å². The van der Waals surface area contributed by atoms with Gasteiger partial charge in [0.25, 0.3) is 0 Å². The summed E-state index contributed by atoms with van der Waals surface area (Å²) in [6.07, 6.45) is 3.50. The molecule has 124 valence electrons. The summed E-state index contributed by atoms with van der Waals surface area (Å²) in [6.45, 7) is 4.53. The van der Waals surface area contributed by atoms with Gasteiger partial charge in [0.15, 0.2) is 0 Å². The number of benzene rings is 2. The van der Waals surface area contributed by atoms with Gasteiger partial charge < -0.3 is 4.57 Å². The maximum atomic E-state index is 2.59. The van der Waals surface area contributed by atoms with Crippen LogP contribution in [0.25, 0.3) is 10.9 Å². The Balaban J connectivity index is 1.64. The molecule has 0 fully saturated rings. The zero-order chi connectivity index (χ0) is 16.5. The van der Waals surface area contributed by atoms with E-state index in [2.05, 4.69) is 78.0 Å². The fourth-order valence-corrected chi connectivity index (χ4v) is 4.02. The average molecular weight is 318 g/mol. The maximum absolute atomic E-state index is 2.59. The molecule has 1 atom stereocenters. The lowest BCUT2D eigenvalue weighted by Crippen LogP contribution is -2.35. The van der Waals surface area contributed by atoms with E-state index in [0.29, 0.717) is 6.04 Å². The van der Waals surface area contributed by atoms with Crippen molar-refractivity contribution >= 4 is 10.9 Å². The Morgan fingerprint density at radius 2 is 1.75 bits per heavy atom. The zero-order valence-electron chi connectivity index (χ0n) is 14.7. The standard InChI is InChI=1S/C22H26N2/c1-17-15-22-20(16-23(17)2)19-12-6-7-13-21(19)24(22)14-8-11-18-9-4-3-5-10-18/h3-7,9-10,12-13,17H,8,11,14-16H2,1-2H3. The molecule has 2 heteroatoms. The third kappa shape index (κ3) is 2.76. The van der Waals surface area contributed by atoms with E-state index in [0.717, 1.165) is 25.9 Å². The quantitative estimate of drug-likeness (QED) is 0.680. The highest BCUT2D eigenvalue weighted by atomic mass is 15.1. The summed E-state index contributed by atoms with van der Waals surface area (Å²) in [5.41, 5.74) is 5.97. The van der Waals surface area contributed by atoms with E-state index in [1.54, 1.807) is 11.3 Å². The minimum absolute atomic E-state index is 0.620. The highest BCUT2D eigenvalue weighted by Crippen LogP contribution is 2.32. The van der Waals surface area contributed by atoms with Gasteiger partial charge in [-0.2, -0.15) is 0 Å². The highest BCUT2D eigenvalue weighted by molar-refractivity contribution is 5.85. The first kappa shape index (κ1) is 15.5. The van der Waals surface area contributed by atoms with Crippen molar-refractivity contribution in [2.75, 3.05) is 7.05 Å². The van der Waals surface area contributed by atoms with E-state index in [1.807, 2.05) is 0 Å². The lowest BCUT2D eigenvalue weighted by atomic mass is 10.00. The van der Waals surface area contributed by atoms with E-state index < -0.39 is 0 Å². The maximum Gasteiger partial charge on any atom is 0.0485 e. The minimum atomic E-state index is 0.620. The average Bonchev–Trinajstić information content (AvgIpc) is 2.90. The molecule has 1 aromatic heterocycles. The van der Waals surface area contributed by atoms with Crippen LogP contribution in [0.3, 0.4) is 0 Å². The number of fused-ring (bicyclic) bond motifs is 3. The fraction of sp³-hybridized carbons (Fsp3) is 0.364. The normalized spacial score (nSPS) is 18.0. The molecule has 24 heavy (non-hydrogen) atoms. The molecule has 1 aliphatic rings. The van der Waals surface area contributed by atoms with Crippen LogP contribution in [0.4, 0.5) is 0 Å². The van der Waals surface area contributed by atoms with Crippen LogP contribution in [0.1, 0.15) is 30.2 Å². The van der Waals surface area contributed by atoms with Gasteiger partial charge in [0.05, 0.1) is 0 Å². The first-order chi connectivity index (χ1) is 11.7. The summed E-state index contributed by atoms with van der Waals surface area (Å²) in [5.74, 6) is 0. The third-order valence-electron chi connectivity index (χ3n) is 5.53. The van der Waals surface area contributed by atoms with Gasteiger partial charge in [-0.1, -0.05) is 48.5 Å². The van der Waals surface area contributed by atoms with Crippen molar-refractivity contribution in [3.8, 4) is 0 Å². The van der Waals surface area contributed by atoms with Gasteiger partial charge in [-0.3, -0.25) is 4.90 Å². The number of aromatic nitrogens is 1. The summed E-state index contributed by atoms with van der Waals surface area (Å²) in [6, 6.07) is 20.4. The monoisotopic (exact) mass is 318 g/mol. The van der Waals surface area contributed by atoms with Gasteiger partial charge in [-0.05, 0) is 44.0 Å². The van der Waals surface area contributed by atoms with E-state index in [-0.39, 0.29) is 0 Å². The summed E-state index contributed by atoms with van der Waals surface area (Å²) < 4.78 is 2.59. The van der Waals surface area contributed by atoms with Crippen molar-refractivity contribution in [2.24, 2.45) is 0 Å². The number of likely N-dealkylation sites (N-methyl/N-ethyl adjacent to an activating group) is 1. The Labute approximate surface area is 144 Å². The number of nitrogens with zero attached hydrogens (tertiary/aromatic N) is 2. The van der Waals surface area contributed by atoms with Gasteiger partial charge in [0, 0.05) is 42.1 Å². The molecule has 0 bridgehead atoms. The number of rotatable bonds is 4. The third-order valence-corrected chi connectivity index (χ3v) is 5.53. The Morgan fingerprint density at radius 1 is 1.00 bits per heavy atom. The molecule has 0 saturated heterocycles. The molecule has 0 spiro atoms. The Hall–Kier alpha value is -2.06. The lowest BCUT2D eigenvalue weighted by molar-refractivity contribution is 0.228. The lowest BCUT2D eigenvalue weighted by Gasteiger charge is -2.31. The molecule has 0 radical (unpaired) electrons. The zero-order valence-corrected chi connectivity index (χ0v) is 14.7. The smallest absolute Gasteiger partial charge is 0.0485 e. The minimum Gasteiger partial charge on any atom is -0.344 e. The van der Waals surface area contributed by atoms with Crippen LogP contribution in [0.15, 0.2) is 54.6 Å². The Morgan fingerprint density at radius 3 is 2.58 bits per heavy atom. The first-order valence-electron chi connectivity index (χ1n) is 9.07. The first-order valence-corrected chi connectivity index (χ1v) is 9.07. The van der Waals surface area contributed by atoms with Crippen molar-refractivity contribution in [2.45, 2.75) is 45.3 Å². The molecule has 0 amide bonds. The van der Waals surface area contributed by atoms with E-state index in [1.165, 1.54) is 22.9 Å². The van der Waals surface area contributed by atoms with Crippen molar-refractivity contribution in [3.63, 3.8) is 0 Å². The molecule has 2 aromatic carbocycles. The molecule has 4 rings (SSSR count). The molecular weight excluding hydrogens is 292 g/mol. The second kappa shape index (κ2) is 6.45. The van der Waals surface area contributed by atoms with Crippen LogP contribution < -0.4 is 0 Å². The molecule has 0 aliphatic carbocycles. The molecular formula is C22H26N2. The van der Waals surface area contributed by atoms with Gasteiger partial charge in [-0.15, -0.1) is 0 Å². The molecule has 1 unspecified atom stereocenters. The number of hydrogen-bond acceptors (Lipinski definition) is 1. The van der Waals surface area contributed by atoms with E-state index in [4.69, 9.17) is 0 Å². The van der Waals surface area contributed by atoms with Crippen molar-refractivity contribution in [3.05, 3.63) is 71.4 Å². The summed E-state index contributed by atoms with van der Waals surface area (Å²) in [4.78, 5) is 2.48.